The van der Waals surface area contributed by atoms with Crippen LogP contribution in [0.3, 0.4) is 0 Å². The van der Waals surface area contributed by atoms with Gasteiger partial charge < -0.3 is 0 Å². The lowest BCUT2D eigenvalue weighted by molar-refractivity contribution is 0.214. The molecule has 0 aromatic carbocycles. The average Bonchev–Trinajstić information content (AvgIpc) is 2.50. The Morgan fingerprint density at radius 2 is 1.92 bits per heavy atom. The first-order valence-corrected chi connectivity index (χ1v) is 5.53. The van der Waals surface area contributed by atoms with Crippen molar-refractivity contribution in [3.05, 3.63) is 0 Å². The van der Waals surface area contributed by atoms with E-state index in [1.165, 1.54) is 0 Å². The van der Waals surface area contributed by atoms with Gasteiger partial charge in [0.15, 0.2) is 0 Å². The maximum absolute atomic E-state index is 12.9. The Kier molecular flexibility index (Phi) is 6.31. The third kappa shape index (κ3) is 3.63. The number of alkyl halides is 1. The maximum Gasteiger partial charge on any atom is 0.114 e. The molecule has 80 valence electrons. The van der Waals surface area contributed by atoms with Crippen molar-refractivity contribution in [2.75, 3.05) is 13.1 Å². The summed E-state index contributed by atoms with van der Waals surface area (Å²) in [5.41, 5.74) is 0. The molecule has 1 heterocycles. The molecule has 1 fully saturated rings. The van der Waals surface area contributed by atoms with Crippen LogP contribution in [0.15, 0.2) is 0 Å². The highest BCUT2D eigenvalue weighted by Gasteiger charge is 2.32. The third-order valence-electron chi connectivity index (χ3n) is 2.57. The number of hydrogen-bond acceptors (Lipinski definition) is 1. The number of halogens is 1. The molecular formula is C11H24FN. The molecule has 0 radical (unpaired) electrons. The van der Waals surface area contributed by atoms with E-state index in [0.717, 1.165) is 13.0 Å². The zero-order chi connectivity index (χ0) is 10.4. The van der Waals surface area contributed by atoms with E-state index in [0.29, 0.717) is 18.5 Å². The second-order valence-corrected chi connectivity index (χ2v) is 3.73. The van der Waals surface area contributed by atoms with Crippen LogP contribution in [0.5, 0.6) is 0 Å². The summed E-state index contributed by atoms with van der Waals surface area (Å²) in [4.78, 5) is 2.25. The van der Waals surface area contributed by atoms with Crippen LogP contribution in [0.4, 0.5) is 4.39 Å². The molecule has 1 aliphatic heterocycles. The first-order valence-electron chi connectivity index (χ1n) is 5.53. The van der Waals surface area contributed by atoms with Gasteiger partial charge in [-0.2, -0.15) is 0 Å². The summed E-state index contributed by atoms with van der Waals surface area (Å²) in [6, 6.07) is 0.481. The van der Waals surface area contributed by atoms with Gasteiger partial charge in [0.2, 0.25) is 0 Å². The van der Waals surface area contributed by atoms with Crippen LogP contribution in [-0.4, -0.2) is 30.2 Å². The van der Waals surface area contributed by atoms with E-state index < -0.39 is 6.17 Å². The molecule has 2 heteroatoms. The standard InChI is InChI=1S/C9H18FN.C2H6/c1-4-11-6-8(10)5-9(11)7(2)3;1-2/h7-9H,4-6H2,1-3H3;1-2H3. The summed E-state index contributed by atoms with van der Waals surface area (Å²) in [6.07, 6.45) is 0.160. The number of likely N-dealkylation sites (tertiary alicyclic amines) is 1. The molecule has 1 aliphatic rings. The second kappa shape index (κ2) is 6.36. The second-order valence-electron chi connectivity index (χ2n) is 3.73. The van der Waals surface area contributed by atoms with Gasteiger partial charge in [0.05, 0.1) is 0 Å². The molecule has 0 saturated carbocycles. The van der Waals surface area contributed by atoms with Crippen LogP contribution in [-0.2, 0) is 0 Å². The third-order valence-corrected chi connectivity index (χ3v) is 2.57. The van der Waals surface area contributed by atoms with Crippen molar-refractivity contribution in [1.82, 2.24) is 4.90 Å². The molecule has 2 atom stereocenters. The molecule has 0 aliphatic carbocycles. The van der Waals surface area contributed by atoms with Gasteiger partial charge in [0.25, 0.3) is 0 Å². The molecule has 1 saturated heterocycles. The Bertz CT molecular complexity index is 125. The molecule has 0 aromatic rings. The molecular weight excluding hydrogens is 165 g/mol. The normalized spacial score (nSPS) is 28.8. The van der Waals surface area contributed by atoms with E-state index in [1.807, 2.05) is 13.8 Å². The molecule has 0 spiro atoms. The molecule has 1 nitrogen and oxygen atoms in total. The lowest BCUT2D eigenvalue weighted by atomic mass is 10.0. The highest BCUT2D eigenvalue weighted by Crippen LogP contribution is 2.25. The van der Waals surface area contributed by atoms with Crippen molar-refractivity contribution in [1.29, 1.82) is 0 Å². The van der Waals surface area contributed by atoms with Gasteiger partial charge in [-0.15, -0.1) is 0 Å². The molecule has 0 bridgehead atoms. The van der Waals surface area contributed by atoms with Crippen LogP contribution in [0.1, 0.15) is 41.0 Å². The highest BCUT2D eigenvalue weighted by atomic mass is 19.1. The smallest absolute Gasteiger partial charge is 0.114 e. The van der Waals surface area contributed by atoms with Gasteiger partial charge in [-0.25, -0.2) is 4.39 Å². The molecule has 0 aromatic heterocycles. The van der Waals surface area contributed by atoms with E-state index in [2.05, 4.69) is 25.7 Å². The van der Waals surface area contributed by atoms with E-state index >= 15 is 0 Å². The predicted octanol–water partition coefficient (Wildman–Crippen LogP) is 3.10. The van der Waals surface area contributed by atoms with Crippen molar-refractivity contribution >= 4 is 0 Å². The molecule has 0 amide bonds. The zero-order valence-corrected chi connectivity index (χ0v) is 9.68. The molecule has 1 rings (SSSR count). The van der Waals surface area contributed by atoms with E-state index in [9.17, 15) is 4.39 Å². The summed E-state index contributed by atoms with van der Waals surface area (Å²) in [7, 11) is 0. The predicted molar refractivity (Wildman–Crippen MR) is 56.7 cm³/mol. The number of nitrogens with zero attached hydrogens (tertiary/aromatic N) is 1. The summed E-state index contributed by atoms with van der Waals surface area (Å²) in [6.45, 7) is 12.1. The van der Waals surface area contributed by atoms with Gasteiger partial charge in [-0.1, -0.05) is 34.6 Å². The Balaban J connectivity index is 0.000000671. The van der Waals surface area contributed by atoms with E-state index in [4.69, 9.17) is 0 Å². The Hall–Kier alpha value is -0.110. The van der Waals surface area contributed by atoms with Crippen LogP contribution >= 0.6 is 0 Å². The summed E-state index contributed by atoms with van der Waals surface area (Å²) in [5, 5.41) is 0. The van der Waals surface area contributed by atoms with Crippen molar-refractivity contribution in [3.63, 3.8) is 0 Å². The van der Waals surface area contributed by atoms with Crippen LogP contribution in [0, 0.1) is 5.92 Å². The Morgan fingerprint density at radius 1 is 1.38 bits per heavy atom. The minimum Gasteiger partial charge on any atom is -0.297 e. The van der Waals surface area contributed by atoms with Crippen molar-refractivity contribution in [2.45, 2.75) is 53.3 Å². The van der Waals surface area contributed by atoms with Gasteiger partial charge in [-0.05, 0) is 18.9 Å². The van der Waals surface area contributed by atoms with E-state index in [1.54, 1.807) is 0 Å². The molecule has 13 heavy (non-hydrogen) atoms. The van der Waals surface area contributed by atoms with Gasteiger partial charge in [-0.3, -0.25) is 4.90 Å². The summed E-state index contributed by atoms with van der Waals surface area (Å²) < 4.78 is 12.9. The number of hydrogen-bond donors (Lipinski definition) is 0. The van der Waals surface area contributed by atoms with Crippen LogP contribution in [0.2, 0.25) is 0 Å². The summed E-state index contributed by atoms with van der Waals surface area (Å²) >= 11 is 0. The minimum absolute atomic E-state index is 0.481. The van der Waals surface area contributed by atoms with Gasteiger partial charge in [0.1, 0.15) is 6.17 Å². The van der Waals surface area contributed by atoms with Crippen molar-refractivity contribution < 1.29 is 4.39 Å². The fourth-order valence-electron chi connectivity index (χ4n) is 1.93. The monoisotopic (exact) mass is 189 g/mol. The zero-order valence-electron chi connectivity index (χ0n) is 9.68. The largest absolute Gasteiger partial charge is 0.297 e. The minimum atomic E-state index is -0.581. The summed E-state index contributed by atoms with van der Waals surface area (Å²) in [5.74, 6) is 0.593. The van der Waals surface area contributed by atoms with Crippen LogP contribution in [0.25, 0.3) is 0 Å². The lowest BCUT2D eigenvalue weighted by Gasteiger charge is -2.25. The van der Waals surface area contributed by atoms with Crippen molar-refractivity contribution in [3.8, 4) is 0 Å². The fraction of sp³-hybridized carbons (Fsp3) is 1.00. The lowest BCUT2D eigenvalue weighted by Crippen LogP contribution is -2.33. The Morgan fingerprint density at radius 3 is 2.23 bits per heavy atom. The average molecular weight is 189 g/mol. The first kappa shape index (κ1) is 12.9. The highest BCUT2D eigenvalue weighted by molar-refractivity contribution is 4.86. The number of rotatable bonds is 2. The SMILES string of the molecule is CC.CCN1CC(F)CC1C(C)C. The maximum atomic E-state index is 12.9. The van der Waals surface area contributed by atoms with Gasteiger partial charge in [0, 0.05) is 12.6 Å². The van der Waals surface area contributed by atoms with E-state index in [-0.39, 0.29) is 0 Å². The van der Waals surface area contributed by atoms with Gasteiger partial charge >= 0.3 is 0 Å². The first-order chi connectivity index (χ1) is 6.15. The fourth-order valence-corrected chi connectivity index (χ4v) is 1.93. The van der Waals surface area contributed by atoms with Crippen LogP contribution < -0.4 is 0 Å². The Labute approximate surface area is 82.3 Å². The quantitative estimate of drug-likeness (QED) is 0.645. The topological polar surface area (TPSA) is 3.24 Å². The van der Waals surface area contributed by atoms with Crippen molar-refractivity contribution in [2.24, 2.45) is 5.92 Å². The molecule has 2 unspecified atom stereocenters. The molecule has 0 N–H and O–H groups in total.